The molecule has 0 saturated heterocycles. The molecule has 0 aliphatic rings. The first kappa shape index (κ1) is 11.3. The summed E-state index contributed by atoms with van der Waals surface area (Å²) in [4.78, 5) is 19.3. The molecule has 2 aromatic heterocycles. The molecule has 0 fully saturated rings. The van der Waals surface area contributed by atoms with Crippen LogP contribution in [0.3, 0.4) is 0 Å². The minimum absolute atomic E-state index is 0.0802. The summed E-state index contributed by atoms with van der Waals surface area (Å²) in [7, 11) is 0. The van der Waals surface area contributed by atoms with Crippen LogP contribution in [0, 0.1) is 6.92 Å². The fourth-order valence-electron chi connectivity index (χ4n) is 1.29. The van der Waals surface area contributed by atoms with Crippen LogP contribution >= 0.6 is 0 Å². The van der Waals surface area contributed by atoms with Gasteiger partial charge in [-0.25, -0.2) is 4.79 Å². The van der Waals surface area contributed by atoms with E-state index in [2.05, 4.69) is 15.1 Å². The van der Waals surface area contributed by atoms with Crippen LogP contribution < -0.4 is 0 Å². The monoisotopic (exact) mass is 233 g/mol. The molecule has 0 aliphatic heterocycles. The molecule has 0 aromatic carbocycles. The Morgan fingerprint density at radius 3 is 3.00 bits per heavy atom. The number of esters is 1. The van der Waals surface area contributed by atoms with E-state index in [0.29, 0.717) is 5.56 Å². The maximum atomic E-state index is 11.3. The SMILES string of the molecule is CCOC(=O)c1noc(-c2cncc(C)c2)n1. The van der Waals surface area contributed by atoms with Gasteiger partial charge in [-0.15, -0.1) is 0 Å². The van der Waals surface area contributed by atoms with Crippen molar-refractivity contribution in [3.8, 4) is 11.5 Å². The largest absolute Gasteiger partial charge is 0.460 e. The zero-order valence-corrected chi connectivity index (χ0v) is 9.51. The van der Waals surface area contributed by atoms with E-state index < -0.39 is 5.97 Å². The Balaban J connectivity index is 2.27. The van der Waals surface area contributed by atoms with Gasteiger partial charge in [0.05, 0.1) is 12.2 Å². The number of nitrogens with zero attached hydrogens (tertiary/aromatic N) is 3. The van der Waals surface area contributed by atoms with Crippen molar-refractivity contribution < 1.29 is 14.1 Å². The first-order valence-corrected chi connectivity index (χ1v) is 5.13. The lowest BCUT2D eigenvalue weighted by atomic mass is 10.2. The van der Waals surface area contributed by atoms with Crippen molar-refractivity contribution in [2.24, 2.45) is 0 Å². The molecule has 0 saturated carbocycles. The van der Waals surface area contributed by atoms with Crippen molar-refractivity contribution in [2.45, 2.75) is 13.8 Å². The quantitative estimate of drug-likeness (QED) is 0.749. The highest BCUT2D eigenvalue weighted by Gasteiger charge is 2.16. The number of rotatable bonds is 3. The summed E-state index contributed by atoms with van der Waals surface area (Å²) >= 11 is 0. The molecule has 0 atom stereocenters. The van der Waals surface area contributed by atoms with Gasteiger partial charge in [-0.1, -0.05) is 0 Å². The van der Waals surface area contributed by atoms with E-state index in [9.17, 15) is 4.79 Å². The van der Waals surface area contributed by atoms with Gasteiger partial charge in [-0.05, 0) is 30.6 Å². The minimum atomic E-state index is -0.594. The van der Waals surface area contributed by atoms with Gasteiger partial charge in [-0.3, -0.25) is 4.98 Å². The summed E-state index contributed by atoms with van der Waals surface area (Å²) < 4.78 is 9.73. The number of carbonyl (C=O) groups excluding carboxylic acids is 1. The first-order valence-electron chi connectivity index (χ1n) is 5.13. The molecule has 0 bridgehead atoms. The number of pyridine rings is 1. The zero-order chi connectivity index (χ0) is 12.3. The Morgan fingerprint density at radius 1 is 1.47 bits per heavy atom. The van der Waals surface area contributed by atoms with Crippen LogP contribution in [-0.4, -0.2) is 27.7 Å². The number of aryl methyl sites for hydroxylation is 1. The highest BCUT2D eigenvalue weighted by atomic mass is 16.5. The van der Waals surface area contributed by atoms with Crippen molar-refractivity contribution in [1.29, 1.82) is 0 Å². The van der Waals surface area contributed by atoms with E-state index in [1.54, 1.807) is 19.3 Å². The summed E-state index contributed by atoms with van der Waals surface area (Å²) in [5.41, 5.74) is 1.64. The number of carbonyl (C=O) groups is 1. The van der Waals surface area contributed by atoms with Crippen LogP contribution in [0.5, 0.6) is 0 Å². The lowest BCUT2D eigenvalue weighted by Crippen LogP contribution is -2.06. The second kappa shape index (κ2) is 4.73. The van der Waals surface area contributed by atoms with E-state index >= 15 is 0 Å². The third-order valence-electron chi connectivity index (χ3n) is 2.01. The summed E-state index contributed by atoms with van der Waals surface area (Å²) in [6.45, 7) is 3.89. The molecule has 2 rings (SSSR count). The van der Waals surface area contributed by atoms with Gasteiger partial charge in [-0.2, -0.15) is 4.98 Å². The fourth-order valence-corrected chi connectivity index (χ4v) is 1.29. The van der Waals surface area contributed by atoms with Gasteiger partial charge in [0.2, 0.25) is 0 Å². The Hall–Kier alpha value is -2.24. The van der Waals surface area contributed by atoms with E-state index in [4.69, 9.17) is 9.26 Å². The molecule has 17 heavy (non-hydrogen) atoms. The third kappa shape index (κ3) is 2.47. The highest BCUT2D eigenvalue weighted by molar-refractivity contribution is 5.85. The van der Waals surface area contributed by atoms with Gasteiger partial charge < -0.3 is 9.26 Å². The molecule has 2 heterocycles. The van der Waals surface area contributed by atoms with Crippen LogP contribution in [0.2, 0.25) is 0 Å². The van der Waals surface area contributed by atoms with Crippen LogP contribution in [0.4, 0.5) is 0 Å². The predicted molar refractivity (Wildman–Crippen MR) is 58.2 cm³/mol. The summed E-state index contributed by atoms with van der Waals surface area (Å²) in [6.07, 6.45) is 3.31. The van der Waals surface area contributed by atoms with Crippen LogP contribution in [0.1, 0.15) is 23.1 Å². The zero-order valence-electron chi connectivity index (χ0n) is 9.51. The summed E-state index contributed by atoms with van der Waals surface area (Å²) in [5, 5.41) is 3.55. The standard InChI is InChI=1S/C11H11N3O3/c1-3-16-11(15)9-13-10(17-14-9)8-4-7(2)5-12-6-8/h4-6H,3H2,1-2H3. The minimum Gasteiger partial charge on any atom is -0.460 e. The van der Waals surface area contributed by atoms with Crippen molar-refractivity contribution in [1.82, 2.24) is 15.1 Å². The maximum Gasteiger partial charge on any atom is 0.379 e. The second-order valence-electron chi connectivity index (χ2n) is 3.39. The van der Waals surface area contributed by atoms with Gasteiger partial charge >= 0.3 is 5.97 Å². The average Bonchev–Trinajstić information content (AvgIpc) is 2.78. The van der Waals surface area contributed by atoms with Gasteiger partial charge in [0, 0.05) is 12.4 Å². The van der Waals surface area contributed by atoms with E-state index in [1.807, 2.05) is 13.0 Å². The van der Waals surface area contributed by atoms with Crippen LogP contribution in [-0.2, 0) is 4.74 Å². The molecule has 0 N–H and O–H groups in total. The fraction of sp³-hybridized carbons (Fsp3) is 0.273. The van der Waals surface area contributed by atoms with Crippen molar-refractivity contribution in [3.63, 3.8) is 0 Å². The van der Waals surface area contributed by atoms with Gasteiger partial charge in [0.15, 0.2) is 0 Å². The molecule has 0 aliphatic carbocycles. The lowest BCUT2D eigenvalue weighted by Gasteiger charge is -1.95. The Morgan fingerprint density at radius 2 is 2.29 bits per heavy atom. The van der Waals surface area contributed by atoms with Crippen molar-refractivity contribution in [2.75, 3.05) is 6.61 Å². The summed E-state index contributed by atoms with van der Waals surface area (Å²) in [6, 6.07) is 1.84. The Bertz CT molecular complexity index is 536. The Labute approximate surface area is 97.6 Å². The smallest absolute Gasteiger partial charge is 0.379 e. The van der Waals surface area contributed by atoms with Gasteiger partial charge in [0.25, 0.3) is 11.7 Å². The highest BCUT2D eigenvalue weighted by Crippen LogP contribution is 2.16. The van der Waals surface area contributed by atoms with E-state index in [0.717, 1.165) is 5.56 Å². The Kier molecular flexibility index (Phi) is 3.13. The second-order valence-corrected chi connectivity index (χ2v) is 3.39. The van der Waals surface area contributed by atoms with Crippen molar-refractivity contribution >= 4 is 5.97 Å². The molecule has 6 heteroatoms. The lowest BCUT2D eigenvalue weighted by molar-refractivity contribution is 0.0508. The van der Waals surface area contributed by atoms with Crippen LogP contribution in [0.15, 0.2) is 23.0 Å². The topological polar surface area (TPSA) is 78.1 Å². The molecule has 6 nitrogen and oxygen atoms in total. The number of ether oxygens (including phenoxy) is 1. The molecular weight excluding hydrogens is 222 g/mol. The van der Waals surface area contributed by atoms with Crippen molar-refractivity contribution in [3.05, 3.63) is 29.8 Å². The first-order chi connectivity index (χ1) is 8.20. The molecule has 0 amide bonds. The van der Waals surface area contributed by atoms with E-state index in [-0.39, 0.29) is 18.3 Å². The molecule has 0 unspecified atom stereocenters. The number of hydrogen-bond donors (Lipinski definition) is 0. The molecular formula is C11H11N3O3. The predicted octanol–water partition coefficient (Wildman–Crippen LogP) is 1.62. The normalized spacial score (nSPS) is 10.2. The maximum absolute atomic E-state index is 11.3. The average molecular weight is 233 g/mol. The summed E-state index contributed by atoms with van der Waals surface area (Å²) in [5.74, 6) is -0.421. The molecule has 2 aromatic rings. The number of aromatic nitrogens is 3. The molecule has 88 valence electrons. The number of hydrogen-bond acceptors (Lipinski definition) is 6. The molecule has 0 radical (unpaired) electrons. The van der Waals surface area contributed by atoms with E-state index in [1.165, 1.54) is 0 Å². The molecule has 0 spiro atoms. The van der Waals surface area contributed by atoms with Crippen LogP contribution in [0.25, 0.3) is 11.5 Å². The van der Waals surface area contributed by atoms with Gasteiger partial charge in [0.1, 0.15) is 0 Å². The third-order valence-corrected chi connectivity index (χ3v) is 2.01.